The van der Waals surface area contributed by atoms with E-state index < -0.39 is 5.60 Å². The number of aromatic nitrogens is 2. The molecule has 0 bridgehead atoms. The first-order valence-corrected chi connectivity index (χ1v) is 9.73. The molecule has 4 rings (SSSR count). The summed E-state index contributed by atoms with van der Waals surface area (Å²) >= 11 is 0. The Hall–Kier alpha value is -2.25. The largest absolute Gasteiger partial charge is 0.393 e. The number of hydrogen-bond donors (Lipinski definition) is 4. The van der Waals surface area contributed by atoms with Crippen molar-refractivity contribution in [2.75, 3.05) is 11.9 Å². The van der Waals surface area contributed by atoms with Crippen LogP contribution in [0.15, 0.2) is 24.4 Å². The van der Waals surface area contributed by atoms with Gasteiger partial charge in [0.2, 0.25) is 5.95 Å². The number of rotatable bonds is 5. The van der Waals surface area contributed by atoms with Crippen LogP contribution >= 0.6 is 0 Å². The highest BCUT2D eigenvalue weighted by Crippen LogP contribution is 2.30. The van der Waals surface area contributed by atoms with Crippen molar-refractivity contribution in [1.29, 1.82) is 0 Å². The minimum absolute atomic E-state index is 0.207. The summed E-state index contributed by atoms with van der Waals surface area (Å²) in [5, 5.41) is 26.8. The highest BCUT2D eigenvalue weighted by atomic mass is 16.3. The van der Waals surface area contributed by atoms with Crippen LogP contribution in [-0.4, -0.2) is 50.4 Å². The van der Waals surface area contributed by atoms with Crippen molar-refractivity contribution in [2.24, 2.45) is 0 Å². The number of amides is 1. The molecule has 4 N–H and O–H groups in total. The molecule has 1 aromatic heterocycles. The zero-order chi connectivity index (χ0) is 18.9. The van der Waals surface area contributed by atoms with Crippen LogP contribution in [0, 0.1) is 0 Å². The van der Waals surface area contributed by atoms with Gasteiger partial charge >= 0.3 is 0 Å². The van der Waals surface area contributed by atoms with Gasteiger partial charge in [-0.05, 0) is 51.0 Å². The molecule has 0 unspecified atom stereocenters. The number of hydrogen-bond acceptors (Lipinski definition) is 6. The molecule has 2 fully saturated rings. The maximum absolute atomic E-state index is 12.7. The van der Waals surface area contributed by atoms with Crippen molar-refractivity contribution in [3.63, 3.8) is 0 Å². The van der Waals surface area contributed by atoms with Gasteiger partial charge in [0.05, 0.1) is 22.8 Å². The van der Waals surface area contributed by atoms with Crippen LogP contribution in [0.25, 0.3) is 10.9 Å². The molecule has 0 saturated heterocycles. The van der Waals surface area contributed by atoms with E-state index in [9.17, 15) is 15.0 Å². The van der Waals surface area contributed by atoms with Crippen molar-refractivity contribution in [3.05, 3.63) is 30.0 Å². The molecule has 1 aromatic carbocycles. The standard InChI is InChI=1S/C20H26N4O3/c25-15-7-5-14(6-8-15)23-19-21-11-13-3-1-4-16(17(13)24-19)18(26)22-12-20(27)9-2-10-20/h1,3-4,11,14-15,25,27H,2,5-10,12H2,(H,22,26)(H,21,23,24). The number of aliphatic hydroxyl groups is 2. The van der Waals surface area contributed by atoms with E-state index in [1.807, 2.05) is 12.1 Å². The van der Waals surface area contributed by atoms with Gasteiger partial charge in [0.1, 0.15) is 0 Å². The van der Waals surface area contributed by atoms with Crippen LogP contribution in [0.5, 0.6) is 0 Å². The first-order chi connectivity index (χ1) is 13.0. The quantitative estimate of drug-likeness (QED) is 0.641. The molecule has 2 aromatic rings. The fraction of sp³-hybridized carbons (Fsp3) is 0.550. The number of nitrogens with one attached hydrogen (secondary N) is 2. The highest BCUT2D eigenvalue weighted by Gasteiger charge is 2.34. The van der Waals surface area contributed by atoms with E-state index in [1.165, 1.54) is 0 Å². The maximum Gasteiger partial charge on any atom is 0.253 e. The van der Waals surface area contributed by atoms with Crippen LogP contribution in [0.3, 0.4) is 0 Å². The molecule has 7 heteroatoms. The molecule has 2 aliphatic carbocycles. The van der Waals surface area contributed by atoms with Gasteiger partial charge in [0.15, 0.2) is 0 Å². The van der Waals surface area contributed by atoms with Crippen molar-refractivity contribution < 1.29 is 15.0 Å². The van der Waals surface area contributed by atoms with Gasteiger partial charge in [-0.25, -0.2) is 9.97 Å². The lowest BCUT2D eigenvalue weighted by molar-refractivity contribution is -0.0300. The fourth-order valence-electron chi connectivity index (χ4n) is 3.81. The Morgan fingerprint density at radius 3 is 2.70 bits per heavy atom. The molecule has 2 saturated carbocycles. The van der Waals surface area contributed by atoms with Crippen LogP contribution < -0.4 is 10.6 Å². The molecule has 27 heavy (non-hydrogen) atoms. The number of carbonyl (C=O) groups excluding carboxylic acids is 1. The molecule has 0 aliphatic heterocycles. The van der Waals surface area contributed by atoms with E-state index in [1.54, 1.807) is 12.3 Å². The van der Waals surface area contributed by atoms with Crippen molar-refractivity contribution in [1.82, 2.24) is 15.3 Å². The van der Waals surface area contributed by atoms with Crippen molar-refractivity contribution in [2.45, 2.75) is 62.7 Å². The van der Waals surface area contributed by atoms with Gasteiger partial charge < -0.3 is 20.8 Å². The van der Waals surface area contributed by atoms with Gasteiger partial charge in [-0.1, -0.05) is 12.1 Å². The number of fused-ring (bicyclic) bond motifs is 1. The molecule has 1 amide bonds. The molecule has 0 spiro atoms. The van der Waals surface area contributed by atoms with Gasteiger partial charge in [-0.3, -0.25) is 4.79 Å². The number of anilines is 1. The third kappa shape index (κ3) is 4.04. The summed E-state index contributed by atoms with van der Waals surface area (Å²) < 4.78 is 0. The zero-order valence-electron chi connectivity index (χ0n) is 15.3. The molecule has 0 atom stereocenters. The van der Waals surface area contributed by atoms with E-state index in [2.05, 4.69) is 20.6 Å². The lowest BCUT2D eigenvalue weighted by Gasteiger charge is -2.36. The molecule has 0 radical (unpaired) electrons. The Morgan fingerprint density at radius 2 is 2.00 bits per heavy atom. The number of benzene rings is 1. The summed E-state index contributed by atoms with van der Waals surface area (Å²) in [6, 6.07) is 5.68. The van der Waals surface area contributed by atoms with Crippen molar-refractivity contribution in [3.8, 4) is 0 Å². The Kier molecular flexibility index (Phi) is 4.97. The molecule has 144 valence electrons. The Labute approximate surface area is 158 Å². The van der Waals surface area contributed by atoms with Crippen LogP contribution in [0.2, 0.25) is 0 Å². The third-order valence-electron chi connectivity index (χ3n) is 5.75. The molecular formula is C20H26N4O3. The zero-order valence-corrected chi connectivity index (χ0v) is 15.3. The summed E-state index contributed by atoms with van der Waals surface area (Å²) in [7, 11) is 0. The number of nitrogens with zero attached hydrogens (tertiary/aromatic N) is 2. The van der Waals surface area contributed by atoms with Crippen LogP contribution in [0.1, 0.15) is 55.3 Å². The number of carbonyl (C=O) groups is 1. The predicted octanol–water partition coefficient (Wildman–Crippen LogP) is 1.99. The summed E-state index contributed by atoms with van der Waals surface area (Å²) in [6.45, 7) is 0.267. The molecular weight excluding hydrogens is 344 g/mol. The Balaban J connectivity index is 1.51. The van der Waals surface area contributed by atoms with Crippen LogP contribution in [0.4, 0.5) is 5.95 Å². The normalized spacial score (nSPS) is 24.2. The second kappa shape index (κ2) is 7.40. The van der Waals surface area contributed by atoms with Gasteiger partial charge in [-0.2, -0.15) is 0 Å². The fourth-order valence-corrected chi connectivity index (χ4v) is 3.81. The average Bonchev–Trinajstić information content (AvgIpc) is 2.66. The van der Waals surface area contributed by atoms with E-state index in [0.29, 0.717) is 17.0 Å². The predicted molar refractivity (Wildman–Crippen MR) is 103 cm³/mol. The highest BCUT2D eigenvalue weighted by molar-refractivity contribution is 6.05. The maximum atomic E-state index is 12.7. The average molecular weight is 370 g/mol. The van der Waals surface area contributed by atoms with Gasteiger partial charge in [-0.15, -0.1) is 0 Å². The lowest BCUT2D eigenvalue weighted by Crippen LogP contribution is -2.47. The van der Waals surface area contributed by atoms with Crippen LogP contribution in [-0.2, 0) is 0 Å². The molecule has 2 aliphatic rings. The van der Waals surface area contributed by atoms with E-state index in [0.717, 1.165) is 50.3 Å². The lowest BCUT2D eigenvalue weighted by atomic mass is 9.80. The Bertz CT molecular complexity index is 829. The second-order valence-electron chi connectivity index (χ2n) is 7.85. The van der Waals surface area contributed by atoms with Gasteiger partial charge in [0.25, 0.3) is 5.91 Å². The van der Waals surface area contributed by atoms with Crippen molar-refractivity contribution >= 4 is 22.8 Å². The minimum atomic E-state index is -0.756. The minimum Gasteiger partial charge on any atom is -0.393 e. The summed E-state index contributed by atoms with van der Waals surface area (Å²) in [5.41, 5.74) is 0.330. The Morgan fingerprint density at radius 1 is 1.22 bits per heavy atom. The van der Waals surface area contributed by atoms with E-state index in [4.69, 9.17) is 0 Å². The van der Waals surface area contributed by atoms with E-state index >= 15 is 0 Å². The molecule has 7 nitrogen and oxygen atoms in total. The number of para-hydroxylation sites is 1. The first-order valence-electron chi connectivity index (χ1n) is 9.73. The first kappa shape index (κ1) is 18.1. The SMILES string of the molecule is O=C(NCC1(O)CCC1)c1cccc2cnc(NC3CCC(O)CC3)nc12. The second-order valence-corrected chi connectivity index (χ2v) is 7.85. The summed E-state index contributed by atoms with van der Waals surface area (Å²) in [4.78, 5) is 21.6. The summed E-state index contributed by atoms with van der Waals surface area (Å²) in [5.74, 6) is 0.271. The van der Waals surface area contributed by atoms with E-state index in [-0.39, 0.29) is 24.6 Å². The number of aliphatic hydroxyl groups excluding tert-OH is 1. The monoisotopic (exact) mass is 370 g/mol. The van der Waals surface area contributed by atoms with Gasteiger partial charge in [0, 0.05) is 24.2 Å². The third-order valence-corrected chi connectivity index (χ3v) is 5.75. The molecule has 1 heterocycles. The summed E-state index contributed by atoms with van der Waals surface area (Å²) in [6.07, 6.45) is 7.29. The smallest absolute Gasteiger partial charge is 0.253 e. The topological polar surface area (TPSA) is 107 Å².